The van der Waals surface area contributed by atoms with Gasteiger partial charge in [0.1, 0.15) is 6.61 Å². The van der Waals surface area contributed by atoms with E-state index in [1.54, 1.807) is 0 Å². The predicted octanol–water partition coefficient (Wildman–Crippen LogP) is 19.7. The van der Waals surface area contributed by atoms with Crippen molar-refractivity contribution in [2.45, 2.75) is 251 Å². The number of phosphoric ester groups is 1. The van der Waals surface area contributed by atoms with E-state index in [1.807, 2.05) is 0 Å². The van der Waals surface area contributed by atoms with Crippen molar-refractivity contribution in [3.8, 4) is 0 Å². The Labute approximate surface area is 472 Å². The summed E-state index contributed by atoms with van der Waals surface area (Å²) in [4.78, 5) is 35.2. The van der Waals surface area contributed by atoms with E-state index >= 15 is 0 Å². The minimum Gasteiger partial charge on any atom is -0.462 e. The van der Waals surface area contributed by atoms with Gasteiger partial charge in [0, 0.05) is 19.4 Å². The monoisotopic (exact) mass is 1090 g/mol. The normalized spacial score (nSPS) is 14.0. The molecule has 0 spiro atoms. The molecule has 0 aromatic carbocycles. The Morgan fingerprint density at radius 1 is 0.403 bits per heavy atom. The molecule has 2 unspecified atom stereocenters. The lowest BCUT2D eigenvalue weighted by atomic mass is 10.1. The molecule has 0 aromatic heterocycles. The van der Waals surface area contributed by atoms with Gasteiger partial charge in [-0.25, -0.2) is 4.57 Å². The van der Waals surface area contributed by atoms with E-state index in [0.717, 1.165) is 116 Å². The van der Waals surface area contributed by atoms with Crippen LogP contribution in [0.1, 0.15) is 245 Å². The van der Waals surface area contributed by atoms with Crippen LogP contribution in [0.2, 0.25) is 0 Å². The minimum atomic E-state index is -4.41. The molecule has 0 amide bonds. The van der Waals surface area contributed by atoms with E-state index in [4.69, 9.17) is 24.3 Å². The molecule has 438 valence electrons. The maximum absolute atomic E-state index is 12.7. The fourth-order valence-corrected chi connectivity index (χ4v) is 8.78. The molecule has 2 atom stereocenters. The molecule has 0 aliphatic rings. The Hall–Kier alpha value is -3.85. The highest BCUT2D eigenvalue weighted by Crippen LogP contribution is 2.43. The molecular formula is C67H112NO8P. The summed E-state index contributed by atoms with van der Waals surface area (Å²) >= 11 is 0. The number of carbonyl (C=O) groups excluding carboxylic acids is 2. The molecule has 0 rings (SSSR count). The maximum atomic E-state index is 12.7. The van der Waals surface area contributed by atoms with Gasteiger partial charge in [-0.2, -0.15) is 0 Å². The Morgan fingerprint density at radius 3 is 1.08 bits per heavy atom. The number of esters is 2. The Balaban J connectivity index is 4.08. The summed E-state index contributed by atoms with van der Waals surface area (Å²) in [6.07, 6.45) is 86.5. The molecule has 10 heteroatoms. The number of unbranched alkanes of at least 4 members (excludes halogenated alkanes) is 21. The molecule has 77 heavy (non-hydrogen) atoms. The first-order valence-corrected chi connectivity index (χ1v) is 32.2. The van der Waals surface area contributed by atoms with Crippen LogP contribution < -0.4 is 5.73 Å². The van der Waals surface area contributed by atoms with Gasteiger partial charge in [0.25, 0.3) is 0 Å². The number of rotatable bonds is 56. The lowest BCUT2D eigenvalue weighted by molar-refractivity contribution is -0.161. The Kier molecular flexibility index (Phi) is 58.3. The summed E-state index contributed by atoms with van der Waals surface area (Å²) in [6.45, 7) is 3.59. The topological polar surface area (TPSA) is 134 Å². The molecule has 0 radical (unpaired) electrons. The van der Waals surface area contributed by atoms with Crippen LogP contribution in [-0.4, -0.2) is 49.3 Å². The third-order valence-corrected chi connectivity index (χ3v) is 13.5. The van der Waals surface area contributed by atoms with Crippen molar-refractivity contribution >= 4 is 19.8 Å². The first kappa shape index (κ1) is 73.2. The minimum absolute atomic E-state index is 0.0420. The molecular weight excluding hydrogens is 978 g/mol. The average Bonchev–Trinajstić information content (AvgIpc) is 3.42. The van der Waals surface area contributed by atoms with Crippen LogP contribution in [0.4, 0.5) is 0 Å². The van der Waals surface area contributed by atoms with Gasteiger partial charge in [0.05, 0.1) is 13.2 Å². The number of ether oxygens (including phenoxy) is 2. The second-order valence-corrected chi connectivity index (χ2v) is 21.3. The number of hydrogen-bond donors (Lipinski definition) is 2. The van der Waals surface area contributed by atoms with E-state index in [1.165, 1.54) is 96.3 Å². The Morgan fingerprint density at radius 2 is 0.714 bits per heavy atom. The molecule has 0 aliphatic heterocycles. The predicted molar refractivity (Wildman–Crippen MR) is 330 cm³/mol. The number of allylic oxidation sites excluding steroid dienone is 22. The standard InChI is InChI=1S/C67H112NO8P/c1-3-5-7-9-11-13-15-17-19-21-23-25-26-27-28-29-30-31-32-33-34-35-36-37-38-40-42-44-46-48-50-52-54-56-58-60-67(70)76-65(64-75-77(71,72)74-62-61-68)63-73-66(69)59-57-55-53-51-49-47-45-43-41-39-24-22-20-18-16-14-12-10-8-6-4-2/h5,7,11,13,17,19,22-25,27-28,30-31,33-34,36-37,40,42,46,48,65H,3-4,6,8-10,12,14-16,18,20-21,26,29,32,35,38-39,41,43-45,47,49-64,68H2,1-2H3,(H,71,72)/b7-5-,13-11-,19-17-,24-22-,25-23-,28-27-,31-30-,34-33-,37-36-,42-40-,48-46-. The number of carbonyl (C=O) groups is 2. The summed E-state index contributed by atoms with van der Waals surface area (Å²) in [5.41, 5.74) is 5.38. The summed E-state index contributed by atoms with van der Waals surface area (Å²) < 4.78 is 33.0. The van der Waals surface area contributed by atoms with Crippen LogP contribution in [0, 0.1) is 0 Å². The van der Waals surface area contributed by atoms with E-state index in [0.29, 0.717) is 6.42 Å². The molecule has 9 nitrogen and oxygen atoms in total. The third kappa shape index (κ3) is 61.2. The van der Waals surface area contributed by atoms with Crippen LogP contribution >= 0.6 is 7.82 Å². The lowest BCUT2D eigenvalue weighted by Crippen LogP contribution is -2.29. The van der Waals surface area contributed by atoms with Crippen molar-refractivity contribution in [3.05, 3.63) is 134 Å². The Bertz CT molecular complexity index is 1720. The number of hydrogen-bond acceptors (Lipinski definition) is 8. The molecule has 0 heterocycles. The fraction of sp³-hybridized carbons (Fsp3) is 0.642. The summed E-state index contributed by atoms with van der Waals surface area (Å²) in [7, 11) is -4.41. The zero-order valence-corrected chi connectivity index (χ0v) is 49.8. The van der Waals surface area contributed by atoms with Gasteiger partial charge < -0.3 is 20.1 Å². The van der Waals surface area contributed by atoms with Crippen molar-refractivity contribution < 1.29 is 37.6 Å². The van der Waals surface area contributed by atoms with Crippen LogP contribution in [0.25, 0.3) is 0 Å². The van der Waals surface area contributed by atoms with Gasteiger partial charge >= 0.3 is 19.8 Å². The molecule has 0 saturated carbocycles. The maximum Gasteiger partial charge on any atom is 0.472 e. The lowest BCUT2D eigenvalue weighted by Gasteiger charge is -2.19. The van der Waals surface area contributed by atoms with Crippen molar-refractivity contribution in [3.63, 3.8) is 0 Å². The average molecular weight is 1090 g/mol. The van der Waals surface area contributed by atoms with E-state index in [9.17, 15) is 19.0 Å². The van der Waals surface area contributed by atoms with E-state index < -0.39 is 32.5 Å². The molecule has 0 aromatic rings. The fourth-order valence-electron chi connectivity index (χ4n) is 8.01. The molecule has 3 N–H and O–H groups in total. The first-order valence-electron chi connectivity index (χ1n) is 30.7. The SMILES string of the molecule is CC/C=C\C/C=C\C/C=C\C/C=C\C/C=C\C/C=C\C/C=C\C/C=C\C/C=C\C/C=C\CCCCCCC(=O)OC(COC(=O)CCCCCCCCCCC/C=C\CCCCCCCCCC)COP(=O)(O)OCCN. The van der Waals surface area contributed by atoms with Gasteiger partial charge in [-0.1, -0.05) is 250 Å². The molecule has 0 aliphatic carbocycles. The largest absolute Gasteiger partial charge is 0.472 e. The number of phosphoric acid groups is 1. The zero-order valence-electron chi connectivity index (χ0n) is 48.9. The summed E-state index contributed by atoms with van der Waals surface area (Å²) in [5.74, 6) is -0.865. The second-order valence-electron chi connectivity index (χ2n) is 19.8. The van der Waals surface area contributed by atoms with Gasteiger partial charge in [-0.05, 0) is 116 Å². The number of nitrogens with two attached hydrogens (primary N) is 1. The van der Waals surface area contributed by atoms with Crippen molar-refractivity contribution in [1.82, 2.24) is 0 Å². The molecule has 0 bridgehead atoms. The van der Waals surface area contributed by atoms with E-state index in [-0.39, 0.29) is 32.6 Å². The summed E-state index contributed by atoms with van der Waals surface area (Å²) in [6, 6.07) is 0. The van der Waals surface area contributed by atoms with Crippen LogP contribution in [-0.2, 0) is 32.7 Å². The first-order chi connectivity index (χ1) is 37.8. The van der Waals surface area contributed by atoms with Crippen molar-refractivity contribution in [2.24, 2.45) is 5.73 Å². The van der Waals surface area contributed by atoms with Crippen LogP contribution in [0.15, 0.2) is 134 Å². The highest BCUT2D eigenvalue weighted by atomic mass is 31.2. The van der Waals surface area contributed by atoms with Gasteiger partial charge in [-0.3, -0.25) is 18.6 Å². The smallest absolute Gasteiger partial charge is 0.462 e. The van der Waals surface area contributed by atoms with Gasteiger partial charge in [0.15, 0.2) is 6.10 Å². The van der Waals surface area contributed by atoms with Crippen LogP contribution in [0.5, 0.6) is 0 Å². The molecule has 0 saturated heterocycles. The van der Waals surface area contributed by atoms with E-state index in [2.05, 4.69) is 148 Å². The third-order valence-electron chi connectivity index (χ3n) is 12.5. The highest BCUT2D eigenvalue weighted by molar-refractivity contribution is 7.47. The van der Waals surface area contributed by atoms with Gasteiger partial charge in [-0.15, -0.1) is 0 Å². The van der Waals surface area contributed by atoms with Gasteiger partial charge in [0.2, 0.25) is 0 Å². The van der Waals surface area contributed by atoms with Crippen LogP contribution in [0.3, 0.4) is 0 Å². The highest BCUT2D eigenvalue weighted by Gasteiger charge is 2.26. The van der Waals surface area contributed by atoms with Crippen molar-refractivity contribution in [2.75, 3.05) is 26.4 Å². The molecule has 0 fully saturated rings. The second kappa shape index (κ2) is 61.4. The quantitative estimate of drug-likeness (QED) is 0.0264. The summed E-state index contributed by atoms with van der Waals surface area (Å²) in [5, 5.41) is 0. The van der Waals surface area contributed by atoms with Crippen molar-refractivity contribution in [1.29, 1.82) is 0 Å². The zero-order chi connectivity index (χ0) is 55.9.